The molecule has 0 radical (unpaired) electrons. The first kappa shape index (κ1) is 11.4. The minimum Gasteiger partial charge on any atom is -0.294 e. The Labute approximate surface area is 97.9 Å². The molecule has 1 spiro atoms. The summed E-state index contributed by atoms with van der Waals surface area (Å²) in [7, 11) is 0. The van der Waals surface area contributed by atoms with Gasteiger partial charge in [-0.1, -0.05) is 37.1 Å². The second-order valence-corrected chi connectivity index (χ2v) is 5.34. The quantitative estimate of drug-likeness (QED) is 0.651. The van der Waals surface area contributed by atoms with E-state index in [9.17, 15) is 4.79 Å². The van der Waals surface area contributed by atoms with Crippen LogP contribution in [-0.2, 0) is 4.79 Å². The average molecular weight is 216 g/mol. The van der Waals surface area contributed by atoms with E-state index in [1.165, 1.54) is 18.4 Å². The zero-order chi connectivity index (χ0) is 11.9. The average Bonchev–Trinajstić information content (AvgIpc) is 2.57. The van der Waals surface area contributed by atoms with Gasteiger partial charge in [0.15, 0.2) is 5.78 Å². The van der Waals surface area contributed by atoms with Gasteiger partial charge in [0.05, 0.1) is 5.41 Å². The van der Waals surface area contributed by atoms with Crippen LogP contribution in [0.25, 0.3) is 0 Å². The van der Waals surface area contributed by atoms with E-state index >= 15 is 0 Å². The van der Waals surface area contributed by atoms with Gasteiger partial charge in [-0.2, -0.15) is 0 Å². The molecule has 0 N–H and O–H groups in total. The minimum absolute atomic E-state index is 0.182. The molecule has 0 aromatic rings. The van der Waals surface area contributed by atoms with Crippen LogP contribution in [0.4, 0.5) is 0 Å². The Kier molecular flexibility index (Phi) is 2.65. The zero-order valence-corrected chi connectivity index (χ0v) is 10.5. The van der Waals surface area contributed by atoms with Crippen molar-refractivity contribution in [3.8, 4) is 0 Å². The predicted octanol–water partition coefficient (Wildman–Crippen LogP) is 3.82. The second-order valence-electron chi connectivity index (χ2n) is 5.34. The highest BCUT2D eigenvalue weighted by Gasteiger charge is 2.47. The Morgan fingerprint density at radius 1 is 1.50 bits per heavy atom. The maximum atomic E-state index is 12.4. The third-order valence-electron chi connectivity index (χ3n) is 4.34. The van der Waals surface area contributed by atoms with E-state index in [2.05, 4.69) is 26.5 Å². The molecule has 1 saturated carbocycles. The van der Waals surface area contributed by atoms with E-state index in [1.807, 2.05) is 6.92 Å². The van der Waals surface area contributed by atoms with Gasteiger partial charge >= 0.3 is 0 Å². The van der Waals surface area contributed by atoms with Crippen LogP contribution in [-0.4, -0.2) is 5.78 Å². The van der Waals surface area contributed by atoms with Crippen molar-refractivity contribution in [2.24, 2.45) is 11.3 Å². The van der Waals surface area contributed by atoms with Crippen molar-refractivity contribution in [1.29, 1.82) is 0 Å². The summed E-state index contributed by atoms with van der Waals surface area (Å²) in [4.78, 5) is 12.4. The van der Waals surface area contributed by atoms with Crippen molar-refractivity contribution in [2.45, 2.75) is 40.0 Å². The van der Waals surface area contributed by atoms with Crippen LogP contribution >= 0.6 is 0 Å². The Balaban J connectivity index is 2.45. The van der Waals surface area contributed by atoms with Crippen LogP contribution < -0.4 is 0 Å². The van der Waals surface area contributed by atoms with Gasteiger partial charge in [0.25, 0.3) is 0 Å². The third-order valence-corrected chi connectivity index (χ3v) is 4.34. The van der Waals surface area contributed by atoms with E-state index in [-0.39, 0.29) is 5.41 Å². The van der Waals surface area contributed by atoms with Gasteiger partial charge in [-0.15, -0.1) is 0 Å². The molecule has 2 aliphatic rings. The highest BCUT2D eigenvalue weighted by atomic mass is 16.1. The number of hydrogen-bond acceptors (Lipinski definition) is 1. The lowest BCUT2D eigenvalue weighted by Crippen LogP contribution is -2.35. The van der Waals surface area contributed by atoms with E-state index in [0.717, 1.165) is 17.6 Å². The molecule has 1 fully saturated rings. The van der Waals surface area contributed by atoms with Crippen LogP contribution in [0, 0.1) is 11.3 Å². The minimum atomic E-state index is -0.182. The highest BCUT2D eigenvalue weighted by molar-refractivity contribution is 6.00. The molecule has 0 aromatic carbocycles. The van der Waals surface area contributed by atoms with Crippen LogP contribution in [0.5, 0.6) is 0 Å². The summed E-state index contributed by atoms with van der Waals surface area (Å²) < 4.78 is 0. The highest BCUT2D eigenvalue weighted by Crippen LogP contribution is 2.51. The van der Waals surface area contributed by atoms with Crippen LogP contribution in [0.3, 0.4) is 0 Å². The summed E-state index contributed by atoms with van der Waals surface area (Å²) in [5, 5.41) is 0. The van der Waals surface area contributed by atoms with Crippen LogP contribution in [0.2, 0.25) is 0 Å². The summed E-state index contributed by atoms with van der Waals surface area (Å²) in [6.07, 6.45) is 7.33. The number of carbonyl (C=O) groups excluding carboxylic acids is 1. The van der Waals surface area contributed by atoms with Crippen molar-refractivity contribution < 1.29 is 4.79 Å². The lowest BCUT2D eigenvalue weighted by Gasteiger charge is -2.35. The van der Waals surface area contributed by atoms with Gasteiger partial charge in [0.1, 0.15) is 0 Å². The molecule has 0 bridgehead atoms. The van der Waals surface area contributed by atoms with E-state index < -0.39 is 0 Å². The number of carbonyl (C=O) groups is 1. The molecule has 1 heteroatoms. The summed E-state index contributed by atoms with van der Waals surface area (Å²) in [6.45, 7) is 10.2. The smallest absolute Gasteiger partial charge is 0.166 e. The van der Waals surface area contributed by atoms with Gasteiger partial charge in [0.2, 0.25) is 0 Å². The number of ketones is 1. The molecule has 2 rings (SSSR count). The lowest BCUT2D eigenvalue weighted by atomic mass is 9.66. The first-order chi connectivity index (χ1) is 7.48. The molecule has 0 aromatic heterocycles. The van der Waals surface area contributed by atoms with Crippen LogP contribution in [0.15, 0.2) is 35.5 Å². The van der Waals surface area contributed by atoms with Crippen molar-refractivity contribution in [2.75, 3.05) is 0 Å². The third kappa shape index (κ3) is 1.41. The fourth-order valence-electron chi connectivity index (χ4n) is 3.25. The first-order valence-electron chi connectivity index (χ1n) is 6.09. The molecule has 2 atom stereocenters. The molecule has 0 unspecified atom stereocenters. The summed E-state index contributed by atoms with van der Waals surface area (Å²) >= 11 is 0. The van der Waals surface area contributed by atoms with Crippen molar-refractivity contribution >= 4 is 5.78 Å². The van der Waals surface area contributed by atoms with Crippen molar-refractivity contribution in [3.05, 3.63) is 35.5 Å². The van der Waals surface area contributed by atoms with Crippen molar-refractivity contribution in [1.82, 2.24) is 0 Å². The van der Waals surface area contributed by atoms with Gasteiger partial charge in [-0.25, -0.2) is 0 Å². The van der Waals surface area contributed by atoms with Crippen LogP contribution in [0.1, 0.15) is 40.0 Å². The fraction of sp³-hybridized carbons (Fsp3) is 0.533. The Bertz CT molecular complexity index is 411. The molecule has 0 amide bonds. The van der Waals surface area contributed by atoms with Gasteiger partial charge < -0.3 is 0 Å². The Morgan fingerprint density at radius 3 is 2.62 bits per heavy atom. The number of allylic oxidation sites excluding steroid dienone is 5. The molecule has 16 heavy (non-hydrogen) atoms. The van der Waals surface area contributed by atoms with E-state index in [1.54, 1.807) is 6.08 Å². The molecule has 0 saturated heterocycles. The molecule has 2 aliphatic carbocycles. The standard InChI is InChI=1S/C15H20O/c1-10(2)13-8-12(4)15(14(16)9-13)7-5-6-11(15)3/h8-9,11H,1,5-7H2,2-4H3/t11-,15+/m1/s1. The topological polar surface area (TPSA) is 17.1 Å². The Morgan fingerprint density at radius 2 is 2.19 bits per heavy atom. The van der Waals surface area contributed by atoms with E-state index in [0.29, 0.717) is 11.7 Å². The SMILES string of the molecule is C=C(C)C1=CC(=O)[C@]2(CCC[C@H]2C)C(C)=C1. The van der Waals surface area contributed by atoms with Gasteiger partial charge in [-0.3, -0.25) is 4.79 Å². The fourth-order valence-corrected chi connectivity index (χ4v) is 3.25. The molecule has 0 heterocycles. The Hall–Kier alpha value is -1.11. The monoisotopic (exact) mass is 216 g/mol. The predicted molar refractivity (Wildman–Crippen MR) is 67.1 cm³/mol. The number of rotatable bonds is 1. The van der Waals surface area contributed by atoms with Gasteiger partial charge in [-0.05, 0) is 44.3 Å². The normalized spacial score (nSPS) is 33.9. The molecular formula is C15H20O. The first-order valence-corrected chi connectivity index (χ1v) is 6.09. The van der Waals surface area contributed by atoms with Crippen molar-refractivity contribution in [3.63, 3.8) is 0 Å². The maximum absolute atomic E-state index is 12.4. The summed E-state index contributed by atoms with van der Waals surface area (Å²) in [5.41, 5.74) is 3.04. The maximum Gasteiger partial charge on any atom is 0.166 e. The summed E-state index contributed by atoms with van der Waals surface area (Å²) in [5.74, 6) is 0.787. The van der Waals surface area contributed by atoms with E-state index in [4.69, 9.17) is 0 Å². The molecule has 0 aliphatic heterocycles. The summed E-state index contributed by atoms with van der Waals surface area (Å²) in [6, 6.07) is 0. The zero-order valence-electron chi connectivity index (χ0n) is 10.5. The number of hydrogen-bond donors (Lipinski definition) is 0. The molecule has 1 nitrogen and oxygen atoms in total. The largest absolute Gasteiger partial charge is 0.294 e. The lowest BCUT2D eigenvalue weighted by molar-refractivity contribution is -0.123. The second kappa shape index (κ2) is 3.73. The molecule has 86 valence electrons. The molecular weight excluding hydrogens is 196 g/mol. The van der Waals surface area contributed by atoms with Gasteiger partial charge in [0, 0.05) is 0 Å².